The highest BCUT2D eigenvalue weighted by Crippen LogP contribution is 2.20. The molecule has 4 N–H and O–H groups in total. The van der Waals surface area contributed by atoms with Crippen molar-refractivity contribution in [2.45, 2.75) is 6.92 Å². The van der Waals surface area contributed by atoms with Gasteiger partial charge in [0.15, 0.2) is 5.11 Å². The number of hydrazone groups is 1. The van der Waals surface area contributed by atoms with Gasteiger partial charge in [0.1, 0.15) is 17.2 Å². The molecule has 0 aliphatic carbocycles. The van der Waals surface area contributed by atoms with Crippen molar-refractivity contribution in [3.63, 3.8) is 0 Å². The van der Waals surface area contributed by atoms with Crippen LogP contribution in [0.15, 0.2) is 47.6 Å². The molecule has 7 heteroatoms. The molecule has 0 atom stereocenters. The van der Waals surface area contributed by atoms with Crippen LogP contribution < -0.4 is 15.5 Å². The average molecular weight is 331 g/mol. The summed E-state index contributed by atoms with van der Waals surface area (Å²) < 4.78 is 5.36. The maximum atomic E-state index is 9.62. The summed E-state index contributed by atoms with van der Waals surface area (Å²) in [5.74, 6) is 0.707. The van der Waals surface area contributed by atoms with E-state index >= 15 is 0 Å². The average Bonchev–Trinajstić information content (AvgIpc) is 2.52. The number of nitrogens with one attached hydrogen (secondary N) is 2. The predicted molar refractivity (Wildman–Crippen MR) is 94.3 cm³/mol. The molecule has 0 heterocycles. The number of phenolic OH excluding ortho intramolecular Hbond substituents is 2. The minimum atomic E-state index is -0.0686. The fraction of sp³-hybridized carbons (Fsp3) is 0.125. The lowest BCUT2D eigenvalue weighted by Crippen LogP contribution is -2.23. The fourth-order valence-corrected chi connectivity index (χ4v) is 1.93. The van der Waals surface area contributed by atoms with Crippen LogP contribution >= 0.6 is 12.2 Å². The van der Waals surface area contributed by atoms with Gasteiger partial charge in [-0.3, -0.25) is 5.43 Å². The number of benzene rings is 2. The van der Waals surface area contributed by atoms with Crippen LogP contribution in [-0.4, -0.2) is 28.1 Å². The van der Waals surface area contributed by atoms with Crippen LogP contribution in [0.4, 0.5) is 5.69 Å². The Morgan fingerprint density at radius 1 is 1.22 bits per heavy atom. The van der Waals surface area contributed by atoms with Crippen molar-refractivity contribution < 1.29 is 14.9 Å². The Hall–Kier alpha value is -2.80. The van der Waals surface area contributed by atoms with E-state index in [4.69, 9.17) is 17.0 Å². The minimum absolute atomic E-state index is 0.0136. The molecule has 23 heavy (non-hydrogen) atoms. The van der Waals surface area contributed by atoms with E-state index in [0.29, 0.717) is 17.3 Å². The molecule has 0 amide bonds. The topological polar surface area (TPSA) is 86.1 Å². The normalized spacial score (nSPS) is 10.5. The predicted octanol–water partition coefficient (Wildman–Crippen LogP) is 2.82. The van der Waals surface area contributed by atoms with Crippen molar-refractivity contribution in [3.8, 4) is 17.2 Å². The van der Waals surface area contributed by atoms with Gasteiger partial charge in [-0.1, -0.05) is 0 Å². The number of ether oxygens (including phenoxy) is 1. The molecule has 120 valence electrons. The number of hydrogen-bond donors (Lipinski definition) is 4. The van der Waals surface area contributed by atoms with Gasteiger partial charge in [-0.2, -0.15) is 5.10 Å². The number of anilines is 1. The number of hydrogen-bond acceptors (Lipinski definition) is 5. The Balaban J connectivity index is 1.88. The van der Waals surface area contributed by atoms with Crippen molar-refractivity contribution in [1.29, 1.82) is 0 Å². The van der Waals surface area contributed by atoms with Crippen LogP contribution in [0.25, 0.3) is 0 Å². The van der Waals surface area contributed by atoms with Crippen LogP contribution in [0.2, 0.25) is 0 Å². The largest absolute Gasteiger partial charge is 0.508 e. The van der Waals surface area contributed by atoms with E-state index in [2.05, 4.69) is 15.8 Å². The van der Waals surface area contributed by atoms with Gasteiger partial charge < -0.3 is 20.3 Å². The minimum Gasteiger partial charge on any atom is -0.508 e. The monoisotopic (exact) mass is 331 g/mol. The summed E-state index contributed by atoms with van der Waals surface area (Å²) in [5.41, 5.74) is 3.90. The van der Waals surface area contributed by atoms with Gasteiger partial charge in [0.25, 0.3) is 0 Å². The third-order valence-electron chi connectivity index (χ3n) is 2.81. The Morgan fingerprint density at radius 2 is 1.96 bits per heavy atom. The van der Waals surface area contributed by atoms with Gasteiger partial charge in [-0.15, -0.1) is 0 Å². The quantitative estimate of drug-likeness (QED) is 0.383. The SMILES string of the molecule is CCOc1ccc(NC(=S)N/N=C/c2ccc(O)cc2O)cc1. The molecule has 2 aromatic carbocycles. The van der Waals surface area contributed by atoms with E-state index in [9.17, 15) is 10.2 Å². The molecule has 0 saturated heterocycles. The van der Waals surface area contributed by atoms with E-state index in [0.717, 1.165) is 11.4 Å². The maximum absolute atomic E-state index is 9.62. The second-order valence-corrected chi connectivity index (χ2v) is 4.93. The van der Waals surface area contributed by atoms with Crippen molar-refractivity contribution in [1.82, 2.24) is 5.43 Å². The zero-order chi connectivity index (χ0) is 16.7. The van der Waals surface area contributed by atoms with Crippen LogP contribution in [0.1, 0.15) is 12.5 Å². The number of nitrogens with zero attached hydrogens (tertiary/aromatic N) is 1. The molecular formula is C16H17N3O3S. The smallest absolute Gasteiger partial charge is 0.191 e. The van der Waals surface area contributed by atoms with Gasteiger partial charge in [0.05, 0.1) is 12.8 Å². The Morgan fingerprint density at radius 3 is 2.61 bits per heavy atom. The molecule has 0 radical (unpaired) electrons. The van der Waals surface area contributed by atoms with Crippen molar-refractivity contribution in [3.05, 3.63) is 48.0 Å². The van der Waals surface area contributed by atoms with E-state index in [1.807, 2.05) is 31.2 Å². The van der Waals surface area contributed by atoms with E-state index in [1.165, 1.54) is 18.3 Å². The number of aromatic hydroxyl groups is 2. The number of phenols is 2. The summed E-state index contributed by atoms with van der Waals surface area (Å²) >= 11 is 5.12. The second kappa shape index (κ2) is 8.00. The summed E-state index contributed by atoms with van der Waals surface area (Å²) in [6.45, 7) is 2.54. The highest BCUT2D eigenvalue weighted by atomic mass is 32.1. The highest BCUT2D eigenvalue weighted by molar-refractivity contribution is 7.80. The standard InChI is InChI=1S/C16H17N3O3S/c1-2-22-14-7-4-12(5-8-14)18-16(23)19-17-10-11-3-6-13(20)9-15(11)21/h3-10,20-21H,2H2,1H3,(H2,18,19,23)/b17-10+. The maximum Gasteiger partial charge on any atom is 0.191 e. The fourth-order valence-electron chi connectivity index (χ4n) is 1.76. The Bertz CT molecular complexity index is 702. The molecule has 0 bridgehead atoms. The first-order valence-electron chi connectivity index (χ1n) is 6.93. The summed E-state index contributed by atoms with van der Waals surface area (Å²) in [4.78, 5) is 0. The van der Waals surface area contributed by atoms with Crippen molar-refractivity contribution >= 4 is 29.2 Å². The van der Waals surface area contributed by atoms with Gasteiger partial charge in [-0.05, 0) is 55.5 Å². The van der Waals surface area contributed by atoms with Gasteiger partial charge in [0.2, 0.25) is 0 Å². The summed E-state index contributed by atoms with van der Waals surface area (Å²) in [6, 6.07) is 11.6. The van der Waals surface area contributed by atoms with E-state index in [1.54, 1.807) is 6.07 Å². The molecule has 6 nitrogen and oxygen atoms in total. The van der Waals surface area contributed by atoms with E-state index in [-0.39, 0.29) is 11.5 Å². The number of rotatable bonds is 5. The lowest BCUT2D eigenvalue weighted by atomic mass is 10.2. The first-order valence-corrected chi connectivity index (χ1v) is 7.34. The lowest BCUT2D eigenvalue weighted by molar-refractivity contribution is 0.340. The molecule has 0 aromatic heterocycles. The summed E-state index contributed by atoms with van der Waals surface area (Å²) in [5, 5.41) is 26.0. The zero-order valence-corrected chi connectivity index (χ0v) is 13.3. The second-order valence-electron chi connectivity index (χ2n) is 4.52. The van der Waals surface area contributed by atoms with Crippen molar-refractivity contribution in [2.75, 3.05) is 11.9 Å². The van der Waals surface area contributed by atoms with Crippen LogP contribution in [0.3, 0.4) is 0 Å². The Labute approximate surface area is 139 Å². The van der Waals surface area contributed by atoms with Gasteiger partial charge >= 0.3 is 0 Å². The molecule has 0 saturated carbocycles. The zero-order valence-electron chi connectivity index (χ0n) is 12.5. The molecule has 0 aliphatic rings. The first-order chi connectivity index (χ1) is 11.1. The summed E-state index contributed by atoms with van der Waals surface area (Å²) in [6.07, 6.45) is 1.40. The van der Waals surface area contributed by atoms with Crippen LogP contribution in [0.5, 0.6) is 17.2 Å². The lowest BCUT2D eigenvalue weighted by Gasteiger charge is -2.08. The molecule has 2 aromatic rings. The molecule has 0 unspecified atom stereocenters. The Kier molecular flexibility index (Phi) is 5.76. The highest BCUT2D eigenvalue weighted by Gasteiger charge is 2.00. The van der Waals surface area contributed by atoms with Gasteiger partial charge in [0, 0.05) is 17.3 Å². The van der Waals surface area contributed by atoms with Crippen LogP contribution in [0, 0.1) is 0 Å². The van der Waals surface area contributed by atoms with E-state index < -0.39 is 0 Å². The molecule has 0 aliphatic heterocycles. The summed E-state index contributed by atoms with van der Waals surface area (Å²) in [7, 11) is 0. The molecule has 2 rings (SSSR count). The number of thiocarbonyl (C=S) groups is 1. The van der Waals surface area contributed by atoms with Crippen molar-refractivity contribution in [2.24, 2.45) is 5.10 Å². The first kappa shape index (κ1) is 16.6. The molecule has 0 spiro atoms. The third-order valence-corrected chi connectivity index (χ3v) is 3.00. The molecular weight excluding hydrogens is 314 g/mol. The third kappa shape index (κ3) is 5.15. The molecule has 0 fully saturated rings. The van der Waals surface area contributed by atoms with Gasteiger partial charge in [-0.25, -0.2) is 0 Å². The van der Waals surface area contributed by atoms with Crippen LogP contribution in [-0.2, 0) is 0 Å².